The maximum Gasteiger partial charge on any atom is 0.360 e. The van der Waals surface area contributed by atoms with Crippen molar-refractivity contribution in [3.05, 3.63) is 80.8 Å². The molecule has 0 saturated carbocycles. The molecule has 0 aliphatic rings. The molecule has 2 aromatic heterocycles. The van der Waals surface area contributed by atoms with Crippen molar-refractivity contribution < 1.29 is 13.7 Å². The van der Waals surface area contributed by atoms with Crippen molar-refractivity contribution in [1.29, 1.82) is 0 Å². The number of halogens is 1. The molecule has 134 valence electrons. The number of rotatable bonds is 3. The number of carbonyl (C=O) groups is 1. The molecule has 2 aromatic carbocycles. The Morgan fingerprint density at radius 2 is 1.89 bits per heavy atom. The number of amides is 1. The summed E-state index contributed by atoms with van der Waals surface area (Å²) < 4.78 is 11.3. The lowest BCUT2D eigenvalue weighted by Gasteiger charge is -2.06. The van der Waals surface area contributed by atoms with Crippen molar-refractivity contribution in [3.63, 3.8) is 0 Å². The summed E-state index contributed by atoms with van der Waals surface area (Å²) in [4.78, 5) is 25.1. The molecule has 0 fully saturated rings. The SMILES string of the molecule is Cc1onc(-c2ccccc2)c1C(=O)Nc1cc2cc(Br)ccc2oc1=O. The van der Waals surface area contributed by atoms with Gasteiger partial charge in [0.15, 0.2) is 0 Å². The van der Waals surface area contributed by atoms with Crippen LogP contribution in [0.3, 0.4) is 0 Å². The summed E-state index contributed by atoms with van der Waals surface area (Å²) in [5.41, 5.74) is 1.29. The molecule has 0 aliphatic carbocycles. The van der Waals surface area contributed by atoms with Gasteiger partial charge in [-0.15, -0.1) is 0 Å². The van der Waals surface area contributed by atoms with Crippen LogP contribution < -0.4 is 10.9 Å². The first-order valence-electron chi connectivity index (χ1n) is 8.09. The molecule has 6 nitrogen and oxygen atoms in total. The Hall–Kier alpha value is -3.19. The van der Waals surface area contributed by atoms with E-state index in [0.717, 1.165) is 10.0 Å². The fourth-order valence-corrected chi connectivity index (χ4v) is 3.18. The Morgan fingerprint density at radius 3 is 2.67 bits per heavy atom. The second-order valence-electron chi connectivity index (χ2n) is 5.91. The van der Waals surface area contributed by atoms with Crippen LogP contribution in [-0.4, -0.2) is 11.1 Å². The fourth-order valence-electron chi connectivity index (χ4n) is 2.80. The minimum Gasteiger partial charge on any atom is -0.421 e. The Labute approximate surface area is 161 Å². The Bertz CT molecular complexity index is 1210. The molecular weight excluding hydrogens is 412 g/mol. The van der Waals surface area contributed by atoms with Crippen LogP contribution >= 0.6 is 15.9 Å². The zero-order valence-electron chi connectivity index (χ0n) is 14.2. The zero-order valence-corrected chi connectivity index (χ0v) is 15.7. The van der Waals surface area contributed by atoms with Crippen LogP contribution in [0.1, 0.15) is 16.1 Å². The van der Waals surface area contributed by atoms with E-state index in [1.165, 1.54) is 0 Å². The minimum absolute atomic E-state index is 0.0465. The first-order valence-corrected chi connectivity index (χ1v) is 8.88. The molecule has 0 saturated heterocycles. The number of benzene rings is 2. The number of hydrogen-bond acceptors (Lipinski definition) is 5. The molecule has 7 heteroatoms. The van der Waals surface area contributed by atoms with Crippen molar-refractivity contribution in [2.24, 2.45) is 0 Å². The largest absolute Gasteiger partial charge is 0.421 e. The third-order valence-corrected chi connectivity index (χ3v) is 4.57. The molecule has 0 aliphatic heterocycles. The highest BCUT2D eigenvalue weighted by molar-refractivity contribution is 9.10. The number of aryl methyl sites for hydroxylation is 1. The van der Waals surface area contributed by atoms with Gasteiger partial charge in [-0.05, 0) is 31.2 Å². The molecule has 0 atom stereocenters. The standard InChI is InChI=1S/C20H13BrN2O4/c1-11-17(18(23-27-11)12-5-3-2-4-6-12)19(24)22-15-10-13-9-14(21)7-8-16(13)26-20(15)25/h2-10H,1H3,(H,22,24). The van der Waals surface area contributed by atoms with Crippen LogP contribution in [0.2, 0.25) is 0 Å². The lowest BCUT2D eigenvalue weighted by atomic mass is 10.1. The van der Waals surface area contributed by atoms with E-state index >= 15 is 0 Å². The Morgan fingerprint density at radius 1 is 1.11 bits per heavy atom. The van der Waals surface area contributed by atoms with Gasteiger partial charge in [0.2, 0.25) is 0 Å². The molecule has 4 aromatic rings. The van der Waals surface area contributed by atoms with Crippen LogP contribution in [0.5, 0.6) is 0 Å². The number of anilines is 1. The van der Waals surface area contributed by atoms with Gasteiger partial charge in [0.25, 0.3) is 5.91 Å². The first kappa shape index (κ1) is 17.2. The van der Waals surface area contributed by atoms with Crippen LogP contribution in [0.15, 0.2) is 72.8 Å². The van der Waals surface area contributed by atoms with Crippen LogP contribution in [0, 0.1) is 6.92 Å². The van der Waals surface area contributed by atoms with Crippen LogP contribution in [0.4, 0.5) is 5.69 Å². The highest BCUT2D eigenvalue weighted by Gasteiger charge is 2.22. The lowest BCUT2D eigenvalue weighted by molar-refractivity contribution is 0.102. The van der Waals surface area contributed by atoms with Crippen molar-refractivity contribution >= 4 is 38.5 Å². The minimum atomic E-state index is -0.631. The Balaban J connectivity index is 1.73. The van der Waals surface area contributed by atoms with Gasteiger partial charge in [0.1, 0.15) is 28.3 Å². The number of nitrogens with one attached hydrogen (secondary N) is 1. The van der Waals surface area contributed by atoms with Crippen molar-refractivity contribution in [3.8, 4) is 11.3 Å². The summed E-state index contributed by atoms with van der Waals surface area (Å²) >= 11 is 3.37. The van der Waals surface area contributed by atoms with Crippen LogP contribution in [-0.2, 0) is 0 Å². The van der Waals surface area contributed by atoms with Gasteiger partial charge in [0, 0.05) is 15.4 Å². The number of fused-ring (bicyclic) bond motifs is 1. The monoisotopic (exact) mass is 424 g/mol. The molecular formula is C20H13BrN2O4. The topological polar surface area (TPSA) is 85.3 Å². The molecule has 0 radical (unpaired) electrons. The van der Waals surface area contributed by atoms with Crippen LogP contribution in [0.25, 0.3) is 22.2 Å². The maximum absolute atomic E-state index is 12.8. The second-order valence-corrected chi connectivity index (χ2v) is 6.83. The summed E-state index contributed by atoms with van der Waals surface area (Å²) in [5, 5.41) is 7.29. The zero-order chi connectivity index (χ0) is 19.0. The third kappa shape index (κ3) is 3.29. The molecule has 2 heterocycles. The van der Waals surface area contributed by atoms with Gasteiger partial charge in [-0.2, -0.15) is 0 Å². The van der Waals surface area contributed by atoms with Gasteiger partial charge in [0.05, 0.1) is 0 Å². The highest BCUT2D eigenvalue weighted by Crippen LogP contribution is 2.26. The molecule has 1 N–H and O–H groups in total. The maximum atomic E-state index is 12.8. The number of carbonyl (C=O) groups excluding carboxylic acids is 1. The van der Waals surface area contributed by atoms with Crippen molar-refractivity contribution in [2.75, 3.05) is 5.32 Å². The summed E-state index contributed by atoms with van der Waals surface area (Å²) in [6.45, 7) is 1.65. The predicted molar refractivity (Wildman–Crippen MR) is 105 cm³/mol. The second kappa shape index (κ2) is 6.85. The fraction of sp³-hybridized carbons (Fsp3) is 0.0500. The highest BCUT2D eigenvalue weighted by atomic mass is 79.9. The normalized spacial score (nSPS) is 10.9. The van der Waals surface area contributed by atoms with E-state index < -0.39 is 11.5 Å². The third-order valence-electron chi connectivity index (χ3n) is 4.08. The molecule has 27 heavy (non-hydrogen) atoms. The molecule has 0 unspecified atom stereocenters. The van der Waals surface area contributed by atoms with Gasteiger partial charge in [-0.3, -0.25) is 4.79 Å². The van der Waals surface area contributed by atoms with Gasteiger partial charge < -0.3 is 14.3 Å². The van der Waals surface area contributed by atoms with E-state index in [2.05, 4.69) is 26.4 Å². The van der Waals surface area contributed by atoms with Gasteiger partial charge in [-0.1, -0.05) is 51.4 Å². The summed E-state index contributed by atoms with van der Waals surface area (Å²) in [7, 11) is 0. The van der Waals surface area contributed by atoms with E-state index in [0.29, 0.717) is 22.4 Å². The quantitative estimate of drug-likeness (QED) is 0.478. The molecule has 0 spiro atoms. The Kier molecular flexibility index (Phi) is 4.37. The van der Waals surface area contributed by atoms with E-state index in [1.54, 1.807) is 31.2 Å². The van der Waals surface area contributed by atoms with Crippen molar-refractivity contribution in [2.45, 2.75) is 6.92 Å². The first-order chi connectivity index (χ1) is 13.0. The molecule has 1 amide bonds. The van der Waals surface area contributed by atoms with E-state index in [-0.39, 0.29) is 11.3 Å². The summed E-state index contributed by atoms with van der Waals surface area (Å²) in [6.07, 6.45) is 0. The van der Waals surface area contributed by atoms with Crippen molar-refractivity contribution in [1.82, 2.24) is 5.16 Å². The number of nitrogens with zero attached hydrogens (tertiary/aromatic N) is 1. The molecule has 0 bridgehead atoms. The van der Waals surface area contributed by atoms with E-state index in [1.807, 2.05) is 30.3 Å². The predicted octanol–water partition coefficient (Wildman–Crippen LogP) is 4.77. The van der Waals surface area contributed by atoms with E-state index in [9.17, 15) is 9.59 Å². The average Bonchev–Trinajstić information content (AvgIpc) is 3.05. The smallest absolute Gasteiger partial charge is 0.360 e. The summed E-state index contributed by atoms with van der Waals surface area (Å²) in [6, 6.07) is 16.1. The molecule has 4 rings (SSSR count). The lowest BCUT2D eigenvalue weighted by Crippen LogP contribution is -2.18. The number of hydrogen-bond donors (Lipinski definition) is 1. The average molecular weight is 425 g/mol. The van der Waals surface area contributed by atoms with E-state index in [4.69, 9.17) is 8.94 Å². The van der Waals surface area contributed by atoms with Gasteiger partial charge in [-0.25, -0.2) is 4.79 Å². The number of aromatic nitrogens is 1. The summed E-state index contributed by atoms with van der Waals surface area (Å²) in [5.74, 6) is -0.131. The van der Waals surface area contributed by atoms with Gasteiger partial charge >= 0.3 is 5.63 Å².